The molecule has 3 rings (SSSR count). The molecule has 202 valence electrons. The molecule has 0 aliphatic carbocycles. The standard InChI is InChI=1S/C26H31N5O6S/c27-18(11-16-12-28-19-9-5-4-8-17(16)19)23(33)29-20(10-15-6-2-1-3-7-15)24(34)30-21(13-32)25(35)31-22(14-38)26(36)37/h1-9,12,18,20-22,28,32,38H,10-11,13-14,27H2,(H,29,33)(H,30,34)(H,31,35)(H,36,37). The predicted molar refractivity (Wildman–Crippen MR) is 144 cm³/mol. The second-order valence-corrected chi connectivity index (χ2v) is 9.11. The molecule has 0 fully saturated rings. The summed E-state index contributed by atoms with van der Waals surface area (Å²) in [6.07, 6.45) is 2.09. The number of aromatic amines is 1. The van der Waals surface area contributed by atoms with Gasteiger partial charge in [0.25, 0.3) is 0 Å². The van der Waals surface area contributed by atoms with Crippen molar-refractivity contribution in [2.75, 3.05) is 12.4 Å². The van der Waals surface area contributed by atoms with E-state index in [9.17, 15) is 24.3 Å². The first-order valence-corrected chi connectivity index (χ1v) is 12.6. The summed E-state index contributed by atoms with van der Waals surface area (Å²) in [7, 11) is 0. The molecule has 3 amide bonds. The molecule has 11 nitrogen and oxygen atoms in total. The SMILES string of the molecule is NC(Cc1c[nH]c2ccccc12)C(=O)NC(Cc1ccccc1)C(=O)NC(CO)C(=O)NC(CS)C(=O)O. The Morgan fingerprint density at radius 1 is 0.842 bits per heavy atom. The molecule has 38 heavy (non-hydrogen) atoms. The van der Waals surface area contributed by atoms with E-state index in [0.29, 0.717) is 0 Å². The summed E-state index contributed by atoms with van der Waals surface area (Å²) in [5, 5.41) is 27.0. The highest BCUT2D eigenvalue weighted by Crippen LogP contribution is 2.19. The minimum Gasteiger partial charge on any atom is -0.480 e. The second kappa shape index (κ2) is 13.6. The van der Waals surface area contributed by atoms with Crippen molar-refractivity contribution < 1.29 is 29.4 Å². The fourth-order valence-corrected chi connectivity index (χ4v) is 4.14. The summed E-state index contributed by atoms with van der Waals surface area (Å²) in [6, 6.07) is 11.7. The lowest BCUT2D eigenvalue weighted by Crippen LogP contribution is -2.58. The van der Waals surface area contributed by atoms with Crippen LogP contribution in [0.2, 0.25) is 0 Å². The number of para-hydroxylation sites is 1. The van der Waals surface area contributed by atoms with Gasteiger partial charge in [0.05, 0.1) is 12.6 Å². The number of carbonyl (C=O) groups is 4. The summed E-state index contributed by atoms with van der Waals surface area (Å²) >= 11 is 3.89. The molecule has 4 atom stereocenters. The topological polar surface area (TPSA) is 187 Å². The van der Waals surface area contributed by atoms with Crippen LogP contribution in [-0.4, -0.2) is 75.4 Å². The zero-order chi connectivity index (χ0) is 27.7. The normalized spacial score (nSPS) is 14.2. The molecule has 3 aromatic rings. The summed E-state index contributed by atoms with van der Waals surface area (Å²) in [6.45, 7) is -0.789. The van der Waals surface area contributed by atoms with E-state index >= 15 is 0 Å². The fourth-order valence-electron chi connectivity index (χ4n) is 3.89. The summed E-state index contributed by atoms with van der Waals surface area (Å²) < 4.78 is 0. The van der Waals surface area contributed by atoms with E-state index in [-0.39, 0.29) is 18.6 Å². The lowest BCUT2D eigenvalue weighted by Gasteiger charge is -2.24. The van der Waals surface area contributed by atoms with Crippen LogP contribution in [0.3, 0.4) is 0 Å². The highest BCUT2D eigenvalue weighted by atomic mass is 32.1. The number of aromatic nitrogens is 1. The van der Waals surface area contributed by atoms with Crippen molar-refractivity contribution in [2.45, 2.75) is 37.0 Å². The smallest absolute Gasteiger partial charge is 0.327 e. The van der Waals surface area contributed by atoms with Crippen LogP contribution in [0.25, 0.3) is 10.9 Å². The molecule has 2 aromatic carbocycles. The maximum atomic E-state index is 13.2. The Morgan fingerprint density at radius 2 is 1.45 bits per heavy atom. The van der Waals surface area contributed by atoms with Crippen LogP contribution in [0.4, 0.5) is 0 Å². The molecule has 0 aliphatic heterocycles. The fraction of sp³-hybridized carbons (Fsp3) is 0.308. The maximum Gasteiger partial charge on any atom is 0.327 e. The lowest BCUT2D eigenvalue weighted by atomic mass is 10.0. The molecule has 0 radical (unpaired) electrons. The number of aliphatic hydroxyl groups excluding tert-OH is 1. The number of H-pyrrole nitrogens is 1. The Hall–Kier alpha value is -3.87. The number of hydrogen-bond acceptors (Lipinski definition) is 7. The Labute approximate surface area is 224 Å². The van der Waals surface area contributed by atoms with Crippen molar-refractivity contribution in [1.82, 2.24) is 20.9 Å². The van der Waals surface area contributed by atoms with Gasteiger partial charge in [0.2, 0.25) is 17.7 Å². The van der Waals surface area contributed by atoms with Crippen LogP contribution in [0.1, 0.15) is 11.1 Å². The zero-order valence-electron chi connectivity index (χ0n) is 20.5. The van der Waals surface area contributed by atoms with Gasteiger partial charge >= 0.3 is 5.97 Å². The van der Waals surface area contributed by atoms with Crippen molar-refractivity contribution in [3.63, 3.8) is 0 Å². The third-order valence-corrected chi connectivity index (χ3v) is 6.35. The first-order chi connectivity index (χ1) is 18.2. The summed E-state index contributed by atoms with van der Waals surface area (Å²) in [5.41, 5.74) is 8.69. The van der Waals surface area contributed by atoms with Crippen molar-refractivity contribution >= 4 is 47.2 Å². The lowest BCUT2D eigenvalue weighted by molar-refractivity contribution is -0.142. The van der Waals surface area contributed by atoms with Crippen LogP contribution in [-0.2, 0) is 32.0 Å². The van der Waals surface area contributed by atoms with Crippen molar-refractivity contribution in [3.05, 3.63) is 71.9 Å². The first kappa shape index (κ1) is 28.7. The zero-order valence-corrected chi connectivity index (χ0v) is 21.4. The number of fused-ring (bicyclic) bond motifs is 1. The number of nitrogens with two attached hydrogens (primary N) is 1. The number of rotatable bonds is 13. The number of hydrogen-bond donors (Lipinski definition) is 8. The van der Waals surface area contributed by atoms with Gasteiger partial charge in [-0.3, -0.25) is 14.4 Å². The number of carboxylic acid groups (broad SMARTS) is 1. The molecular weight excluding hydrogens is 510 g/mol. The van der Waals surface area contributed by atoms with Crippen LogP contribution in [0.5, 0.6) is 0 Å². The first-order valence-electron chi connectivity index (χ1n) is 11.9. The van der Waals surface area contributed by atoms with Gasteiger partial charge in [-0.15, -0.1) is 0 Å². The molecule has 0 bridgehead atoms. The molecule has 12 heteroatoms. The largest absolute Gasteiger partial charge is 0.480 e. The van der Waals surface area contributed by atoms with Gasteiger partial charge in [0.15, 0.2) is 0 Å². The Morgan fingerprint density at radius 3 is 2.11 bits per heavy atom. The predicted octanol–water partition coefficient (Wildman–Crippen LogP) is -0.258. The highest BCUT2D eigenvalue weighted by molar-refractivity contribution is 7.80. The van der Waals surface area contributed by atoms with Crippen molar-refractivity contribution in [2.24, 2.45) is 5.73 Å². The monoisotopic (exact) mass is 541 g/mol. The van der Waals surface area contributed by atoms with E-state index in [4.69, 9.17) is 10.8 Å². The van der Waals surface area contributed by atoms with Gasteiger partial charge in [-0.05, 0) is 23.6 Å². The molecular formula is C26H31N5O6S. The molecule has 1 heterocycles. The average Bonchev–Trinajstić information content (AvgIpc) is 3.32. The van der Waals surface area contributed by atoms with Crippen LogP contribution >= 0.6 is 12.6 Å². The van der Waals surface area contributed by atoms with E-state index < -0.39 is 54.5 Å². The van der Waals surface area contributed by atoms with E-state index in [2.05, 4.69) is 33.6 Å². The van der Waals surface area contributed by atoms with E-state index in [0.717, 1.165) is 22.0 Å². The number of carbonyl (C=O) groups excluding carboxylic acids is 3. The van der Waals surface area contributed by atoms with Gasteiger partial charge in [0.1, 0.15) is 18.1 Å². The summed E-state index contributed by atoms with van der Waals surface area (Å²) in [5.74, 6) is -3.71. The van der Waals surface area contributed by atoms with Gasteiger partial charge in [-0.2, -0.15) is 12.6 Å². The number of thiol groups is 1. The quantitative estimate of drug-likeness (QED) is 0.137. The van der Waals surface area contributed by atoms with Crippen LogP contribution in [0, 0.1) is 0 Å². The second-order valence-electron chi connectivity index (χ2n) is 8.75. The number of aliphatic carboxylic acids is 1. The summed E-state index contributed by atoms with van der Waals surface area (Å²) in [4.78, 5) is 53.0. The highest BCUT2D eigenvalue weighted by Gasteiger charge is 2.30. The van der Waals surface area contributed by atoms with Crippen LogP contribution in [0.15, 0.2) is 60.8 Å². The third-order valence-electron chi connectivity index (χ3n) is 5.98. The minimum atomic E-state index is -1.45. The molecule has 0 saturated heterocycles. The maximum absolute atomic E-state index is 13.2. The van der Waals surface area contributed by atoms with Crippen molar-refractivity contribution in [3.8, 4) is 0 Å². The molecule has 0 saturated carbocycles. The Balaban J connectivity index is 1.72. The molecule has 4 unspecified atom stereocenters. The minimum absolute atomic E-state index is 0.0897. The number of nitrogens with one attached hydrogen (secondary N) is 4. The van der Waals surface area contributed by atoms with E-state index in [1.807, 2.05) is 24.3 Å². The van der Waals surface area contributed by atoms with E-state index in [1.165, 1.54) is 0 Å². The van der Waals surface area contributed by atoms with Gasteiger partial charge in [0, 0.05) is 29.3 Å². The molecule has 0 spiro atoms. The molecule has 1 aromatic heterocycles. The van der Waals surface area contributed by atoms with Crippen molar-refractivity contribution in [1.29, 1.82) is 0 Å². The van der Waals surface area contributed by atoms with Gasteiger partial charge in [-0.1, -0.05) is 48.5 Å². The van der Waals surface area contributed by atoms with E-state index in [1.54, 1.807) is 36.5 Å². The van der Waals surface area contributed by atoms with Gasteiger partial charge in [-0.25, -0.2) is 4.79 Å². The molecule has 0 aliphatic rings. The van der Waals surface area contributed by atoms with Gasteiger partial charge < -0.3 is 36.9 Å². The number of benzene rings is 2. The average molecular weight is 542 g/mol. The number of carboxylic acids is 1. The third kappa shape index (κ3) is 7.57. The van der Waals surface area contributed by atoms with Crippen LogP contribution < -0.4 is 21.7 Å². The Kier molecular flexibility index (Phi) is 10.3. The Bertz CT molecular complexity index is 1270. The number of amides is 3. The molecule has 8 N–H and O–H groups in total. The number of aliphatic hydroxyl groups is 1.